The summed E-state index contributed by atoms with van der Waals surface area (Å²) in [4.78, 5) is 13.6. The van der Waals surface area contributed by atoms with E-state index in [1.165, 1.54) is 7.11 Å². The van der Waals surface area contributed by atoms with Crippen LogP contribution in [0.2, 0.25) is 0 Å². The molecule has 82 valence electrons. The van der Waals surface area contributed by atoms with E-state index < -0.39 is 11.6 Å². The van der Waals surface area contributed by atoms with E-state index in [0.717, 1.165) is 26.1 Å². The summed E-state index contributed by atoms with van der Waals surface area (Å²) in [6.07, 6.45) is 1.84. The first-order valence-corrected chi connectivity index (χ1v) is 5.15. The SMILES string of the molecule is CCN1CCCC(O)(C(=O)OC)CC1. The molecule has 0 aromatic rings. The van der Waals surface area contributed by atoms with Crippen molar-refractivity contribution in [3.05, 3.63) is 0 Å². The maximum atomic E-state index is 11.3. The monoisotopic (exact) mass is 201 g/mol. The molecule has 0 bridgehead atoms. The van der Waals surface area contributed by atoms with Crippen molar-refractivity contribution in [3.63, 3.8) is 0 Å². The van der Waals surface area contributed by atoms with Gasteiger partial charge in [-0.05, 0) is 32.4 Å². The van der Waals surface area contributed by atoms with Crippen LogP contribution >= 0.6 is 0 Å². The molecule has 0 aromatic heterocycles. The van der Waals surface area contributed by atoms with Gasteiger partial charge >= 0.3 is 5.97 Å². The molecule has 1 atom stereocenters. The van der Waals surface area contributed by atoms with E-state index in [0.29, 0.717) is 12.8 Å². The third-order valence-electron chi connectivity index (χ3n) is 2.92. The lowest BCUT2D eigenvalue weighted by Gasteiger charge is -2.23. The van der Waals surface area contributed by atoms with Gasteiger partial charge in [0.1, 0.15) is 0 Å². The number of aliphatic hydroxyl groups is 1. The fraction of sp³-hybridized carbons (Fsp3) is 0.900. The van der Waals surface area contributed by atoms with Crippen LogP contribution in [-0.4, -0.2) is 48.3 Å². The molecule has 1 saturated heterocycles. The fourth-order valence-electron chi connectivity index (χ4n) is 1.89. The summed E-state index contributed by atoms with van der Waals surface area (Å²) in [6, 6.07) is 0. The van der Waals surface area contributed by atoms with Crippen LogP contribution in [0.3, 0.4) is 0 Å². The van der Waals surface area contributed by atoms with Crippen molar-refractivity contribution in [2.75, 3.05) is 26.7 Å². The van der Waals surface area contributed by atoms with Crippen molar-refractivity contribution in [1.82, 2.24) is 4.90 Å². The summed E-state index contributed by atoms with van der Waals surface area (Å²) in [6.45, 7) is 4.78. The van der Waals surface area contributed by atoms with Crippen LogP contribution in [0.25, 0.3) is 0 Å². The Bertz CT molecular complexity index is 208. The van der Waals surface area contributed by atoms with E-state index in [1.807, 2.05) is 0 Å². The number of carbonyl (C=O) groups excluding carboxylic acids is 1. The molecule has 1 aliphatic heterocycles. The summed E-state index contributed by atoms with van der Waals surface area (Å²) in [7, 11) is 1.32. The number of hydrogen-bond acceptors (Lipinski definition) is 4. The zero-order chi connectivity index (χ0) is 10.6. The van der Waals surface area contributed by atoms with Crippen LogP contribution in [0.4, 0.5) is 0 Å². The molecule has 0 amide bonds. The molecule has 1 unspecified atom stereocenters. The van der Waals surface area contributed by atoms with Gasteiger partial charge in [-0.3, -0.25) is 0 Å². The van der Waals surface area contributed by atoms with Crippen LogP contribution in [0.15, 0.2) is 0 Å². The minimum Gasteiger partial charge on any atom is -0.467 e. The minimum absolute atomic E-state index is 0.480. The molecule has 0 saturated carbocycles. The van der Waals surface area contributed by atoms with E-state index in [-0.39, 0.29) is 0 Å². The van der Waals surface area contributed by atoms with Crippen molar-refractivity contribution < 1.29 is 14.6 Å². The molecule has 1 fully saturated rings. The molecular weight excluding hydrogens is 182 g/mol. The lowest BCUT2D eigenvalue weighted by molar-refractivity contribution is -0.163. The predicted molar refractivity (Wildman–Crippen MR) is 52.9 cm³/mol. The molecule has 4 nitrogen and oxygen atoms in total. The lowest BCUT2D eigenvalue weighted by atomic mass is 9.95. The molecule has 0 aromatic carbocycles. The van der Waals surface area contributed by atoms with Crippen LogP contribution in [-0.2, 0) is 9.53 Å². The topological polar surface area (TPSA) is 49.8 Å². The molecule has 4 heteroatoms. The number of hydrogen-bond donors (Lipinski definition) is 1. The number of esters is 1. The third-order valence-corrected chi connectivity index (χ3v) is 2.92. The van der Waals surface area contributed by atoms with Crippen molar-refractivity contribution in [2.24, 2.45) is 0 Å². The second-order valence-corrected chi connectivity index (χ2v) is 3.81. The van der Waals surface area contributed by atoms with Gasteiger partial charge in [-0.2, -0.15) is 0 Å². The molecule has 1 aliphatic rings. The molecule has 0 radical (unpaired) electrons. The average molecular weight is 201 g/mol. The van der Waals surface area contributed by atoms with E-state index in [9.17, 15) is 9.90 Å². The number of likely N-dealkylation sites (tertiary alicyclic amines) is 1. The summed E-state index contributed by atoms with van der Waals surface area (Å²) < 4.78 is 4.61. The lowest BCUT2D eigenvalue weighted by Crippen LogP contribution is -2.40. The van der Waals surface area contributed by atoms with Crippen molar-refractivity contribution in [2.45, 2.75) is 31.8 Å². The van der Waals surface area contributed by atoms with Crippen molar-refractivity contribution in [1.29, 1.82) is 0 Å². The van der Waals surface area contributed by atoms with E-state index in [2.05, 4.69) is 16.6 Å². The molecule has 1 heterocycles. The third kappa shape index (κ3) is 2.45. The normalized spacial score (nSPS) is 29.6. The van der Waals surface area contributed by atoms with E-state index >= 15 is 0 Å². The first-order valence-electron chi connectivity index (χ1n) is 5.15. The second-order valence-electron chi connectivity index (χ2n) is 3.81. The first kappa shape index (κ1) is 11.5. The van der Waals surface area contributed by atoms with Gasteiger partial charge in [-0.1, -0.05) is 6.92 Å². The van der Waals surface area contributed by atoms with Gasteiger partial charge in [0, 0.05) is 6.54 Å². The number of methoxy groups -OCH3 is 1. The standard InChI is InChI=1S/C10H19NO3/c1-3-11-7-4-5-10(13,6-8-11)9(12)14-2/h13H,3-8H2,1-2H3. The highest BCUT2D eigenvalue weighted by Gasteiger charge is 2.38. The van der Waals surface area contributed by atoms with Gasteiger partial charge in [-0.25, -0.2) is 4.79 Å². The smallest absolute Gasteiger partial charge is 0.337 e. The molecular formula is C10H19NO3. The highest BCUT2D eigenvalue weighted by Crippen LogP contribution is 2.23. The summed E-state index contributed by atoms with van der Waals surface area (Å²) >= 11 is 0. The predicted octanol–water partition coefficient (Wildman–Crippen LogP) is 0.396. The summed E-state index contributed by atoms with van der Waals surface area (Å²) in [5.41, 5.74) is -1.25. The highest BCUT2D eigenvalue weighted by atomic mass is 16.5. The quantitative estimate of drug-likeness (QED) is 0.657. The molecule has 0 spiro atoms. The van der Waals surface area contributed by atoms with Crippen LogP contribution in [0, 0.1) is 0 Å². The molecule has 14 heavy (non-hydrogen) atoms. The van der Waals surface area contributed by atoms with Gasteiger partial charge in [0.25, 0.3) is 0 Å². The van der Waals surface area contributed by atoms with E-state index in [4.69, 9.17) is 0 Å². The van der Waals surface area contributed by atoms with Crippen LogP contribution in [0.5, 0.6) is 0 Å². The maximum Gasteiger partial charge on any atom is 0.337 e. The van der Waals surface area contributed by atoms with Gasteiger partial charge < -0.3 is 14.7 Å². The minimum atomic E-state index is -1.25. The Labute approximate surface area is 84.8 Å². The van der Waals surface area contributed by atoms with Gasteiger partial charge in [0.15, 0.2) is 5.60 Å². The number of nitrogens with zero attached hydrogens (tertiary/aromatic N) is 1. The molecule has 1 rings (SSSR count). The zero-order valence-corrected chi connectivity index (χ0v) is 8.95. The number of rotatable bonds is 2. The van der Waals surface area contributed by atoms with Gasteiger partial charge in [0.05, 0.1) is 7.11 Å². The highest BCUT2D eigenvalue weighted by molar-refractivity contribution is 5.79. The first-order chi connectivity index (χ1) is 6.62. The second kappa shape index (κ2) is 4.75. The Balaban J connectivity index is 2.59. The Kier molecular flexibility index (Phi) is 3.89. The maximum absolute atomic E-state index is 11.3. The summed E-state index contributed by atoms with van der Waals surface area (Å²) in [5, 5.41) is 10.0. The molecule has 1 N–H and O–H groups in total. The largest absolute Gasteiger partial charge is 0.467 e. The Hall–Kier alpha value is -0.610. The zero-order valence-electron chi connectivity index (χ0n) is 8.95. The van der Waals surface area contributed by atoms with Crippen molar-refractivity contribution >= 4 is 5.97 Å². The fourth-order valence-corrected chi connectivity index (χ4v) is 1.89. The van der Waals surface area contributed by atoms with Gasteiger partial charge in [0.2, 0.25) is 0 Å². The molecule has 0 aliphatic carbocycles. The Morgan fingerprint density at radius 3 is 2.79 bits per heavy atom. The van der Waals surface area contributed by atoms with Crippen LogP contribution in [0.1, 0.15) is 26.2 Å². The average Bonchev–Trinajstić information content (AvgIpc) is 2.40. The van der Waals surface area contributed by atoms with Crippen LogP contribution < -0.4 is 0 Å². The van der Waals surface area contributed by atoms with E-state index in [1.54, 1.807) is 0 Å². The Morgan fingerprint density at radius 2 is 2.21 bits per heavy atom. The van der Waals surface area contributed by atoms with Gasteiger partial charge in [-0.15, -0.1) is 0 Å². The Morgan fingerprint density at radius 1 is 1.50 bits per heavy atom. The van der Waals surface area contributed by atoms with Crippen molar-refractivity contribution in [3.8, 4) is 0 Å². The number of ether oxygens (including phenoxy) is 1. The summed E-state index contributed by atoms with van der Waals surface area (Å²) in [5.74, 6) is -0.490. The number of carbonyl (C=O) groups is 1.